The molecule has 0 saturated carbocycles. The Morgan fingerprint density at radius 3 is 2.55 bits per heavy atom. The van der Waals surface area contributed by atoms with Crippen LogP contribution in [0.4, 0.5) is 0 Å². The first-order chi connectivity index (χ1) is 13.7. The van der Waals surface area contributed by atoms with Gasteiger partial charge >= 0.3 is 0 Å². The Bertz CT molecular complexity index is 850. The highest BCUT2D eigenvalue weighted by atomic mass is 127. The Labute approximate surface area is 194 Å². The zero-order valence-corrected chi connectivity index (χ0v) is 20.1. The number of thiophene rings is 1. The standard InChI is InChI=1S/C22H28N4OS.HI/c1-3-23-22(25-15-21-11-7-13-28-21)24-14-18-8-4-5-9-19(18)16-26(2)17-20-10-6-12-27-20;/h4-13H,3,14-17H2,1-2H3,(H2,23,24,25);1H. The second-order valence-electron chi connectivity index (χ2n) is 6.65. The number of guanidine groups is 1. The van der Waals surface area contributed by atoms with E-state index in [1.165, 1.54) is 16.0 Å². The van der Waals surface area contributed by atoms with Crippen molar-refractivity contribution in [3.05, 3.63) is 81.9 Å². The summed E-state index contributed by atoms with van der Waals surface area (Å²) in [5.74, 6) is 1.82. The molecule has 7 heteroatoms. The van der Waals surface area contributed by atoms with Crippen LogP contribution in [0, 0.1) is 0 Å². The molecule has 2 heterocycles. The molecule has 3 rings (SSSR count). The Morgan fingerprint density at radius 1 is 1.03 bits per heavy atom. The predicted molar refractivity (Wildman–Crippen MR) is 132 cm³/mol. The van der Waals surface area contributed by atoms with Crippen molar-refractivity contribution in [2.75, 3.05) is 13.6 Å². The van der Waals surface area contributed by atoms with Gasteiger partial charge < -0.3 is 15.1 Å². The number of furan rings is 1. The van der Waals surface area contributed by atoms with Gasteiger partial charge in [-0.05, 0) is 48.7 Å². The smallest absolute Gasteiger partial charge is 0.191 e. The van der Waals surface area contributed by atoms with Crippen LogP contribution in [0.3, 0.4) is 0 Å². The van der Waals surface area contributed by atoms with E-state index in [1.54, 1.807) is 17.6 Å². The quantitative estimate of drug-likeness (QED) is 0.239. The first kappa shape index (κ1) is 23.4. The fraction of sp³-hybridized carbons (Fsp3) is 0.318. The van der Waals surface area contributed by atoms with Gasteiger partial charge in [-0.15, -0.1) is 35.3 Å². The lowest BCUT2D eigenvalue weighted by atomic mass is 10.1. The highest BCUT2D eigenvalue weighted by Gasteiger charge is 2.08. The maximum atomic E-state index is 5.46. The number of nitrogens with one attached hydrogen (secondary N) is 2. The average Bonchev–Trinajstić information content (AvgIpc) is 3.39. The van der Waals surface area contributed by atoms with Crippen molar-refractivity contribution in [2.45, 2.75) is 33.1 Å². The van der Waals surface area contributed by atoms with E-state index in [0.29, 0.717) is 6.54 Å². The monoisotopic (exact) mass is 524 g/mol. The second kappa shape index (κ2) is 12.7. The molecule has 0 aliphatic carbocycles. The van der Waals surface area contributed by atoms with Crippen molar-refractivity contribution in [1.82, 2.24) is 15.5 Å². The van der Waals surface area contributed by atoms with Crippen LogP contribution in [0.2, 0.25) is 0 Å². The average molecular weight is 524 g/mol. The summed E-state index contributed by atoms with van der Waals surface area (Å²) in [6, 6.07) is 16.6. The van der Waals surface area contributed by atoms with Crippen molar-refractivity contribution in [3.8, 4) is 0 Å². The van der Waals surface area contributed by atoms with Gasteiger partial charge in [0.1, 0.15) is 5.76 Å². The summed E-state index contributed by atoms with van der Waals surface area (Å²) in [6.45, 7) is 5.99. The Kier molecular flexibility index (Phi) is 10.2. The molecule has 29 heavy (non-hydrogen) atoms. The summed E-state index contributed by atoms with van der Waals surface area (Å²) in [4.78, 5) is 8.34. The Hall–Kier alpha value is -1.84. The van der Waals surface area contributed by atoms with Crippen LogP contribution in [0.25, 0.3) is 0 Å². The number of benzene rings is 1. The minimum absolute atomic E-state index is 0. The maximum Gasteiger partial charge on any atom is 0.191 e. The lowest BCUT2D eigenvalue weighted by Gasteiger charge is -2.17. The third-order valence-corrected chi connectivity index (χ3v) is 5.20. The molecule has 0 fully saturated rings. The molecule has 1 aromatic carbocycles. The number of hydrogen-bond donors (Lipinski definition) is 2. The van der Waals surface area contributed by atoms with Gasteiger partial charge in [0.2, 0.25) is 0 Å². The van der Waals surface area contributed by atoms with Crippen molar-refractivity contribution < 1.29 is 4.42 Å². The predicted octanol–water partition coefficient (Wildman–Crippen LogP) is 4.85. The number of aliphatic imine (C=N–C) groups is 1. The third-order valence-electron chi connectivity index (χ3n) is 4.33. The molecular formula is C22H29IN4OS. The van der Waals surface area contributed by atoms with Gasteiger partial charge in [0.25, 0.3) is 0 Å². The highest BCUT2D eigenvalue weighted by molar-refractivity contribution is 14.0. The SMILES string of the molecule is CCNC(=NCc1ccccc1CN(C)Cc1ccco1)NCc1cccs1.I. The normalized spacial score (nSPS) is 11.3. The summed E-state index contributed by atoms with van der Waals surface area (Å²) in [5, 5.41) is 8.83. The second-order valence-corrected chi connectivity index (χ2v) is 7.68. The van der Waals surface area contributed by atoms with E-state index in [0.717, 1.165) is 37.9 Å². The topological polar surface area (TPSA) is 52.8 Å². The van der Waals surface area contributed by atoms with Crippen LogP contribution >= 0.6 is 35.3 Å². The van der Waals surface area contributed by atoms with E-state index in [-0.39, 0.29) is 24.0 Å². The largest absolute Gasteiger partial charge is 0.468 e. The zero-order chi connectivity index (χ0) is 19.6. The maximum absolute atomic E-state index is 5.46. The minimum Gasteiger partial charge on any atom is -0.468 e. The minimum atomic E-state index is 0. The summed E-state index contributed by atoms with van der Waals surface area (Å²) >= 11 is 1.75. The van der Waals surface area contributed by atoms with E-state index >= 15 is 0 Å². The van der Waals surface area contributed by atoms with Gasteiger partial charge in [-0.3, -0.25) is 4.90 Å². The molecule has 2 N–H and O–H groups in total. The van der Waals surface area contributed by atoms with E-state index in [2.05, 4.69) is 71.3 Å². The lowest BCUT2D eigenvalue weighted by Crippen LogP contribution is -2.36. The van der Waals surface area contributed by atoms with Crippen LogP contribution in [0.5, 0.6) is 0 Å². The van der Waals surface area contributed by atoms with E-state index in [9.17, 15) is 0 Å². The first-order valence-corrected chi connectivity index (χ1v) is 10.4. The lowest BCUT2D eigenvalue weighted by molar-refractivity contribution is 0.287. The van der Waals surface area contributed by atoms with Gasteiger partial charge in [-0.25, -0.2) is 4.99 Å². The molecule has 0 spiro atoms. The van der Waals surface area contributed by atoms with Gasteiger partial charge in [0, 0.05) is 18.0 Å². The molecule has 0 bridgehead atoms. The third kappa shape index (κ3) is 7.83. The Balaban J connectivity index is 0.00000300. The summed E-state index contributed by atoms with van der Waals surface area (Å²) < 4.78 is 5.46. The Morgan fingerprint density at radius 2 is 1.86 bits per heavy atom. The van der Waals surface area contributed by atoms with Crippen LogP contribution in [-0.2, 0) is 26.2 Å². The molecule has 0 amide bonds. The number of rotatable bonds is 9. The number of halogens is 1. The fourth-order valence-corrected chi connectivity index (χ4v) is 3.62. The van der Waals surface area contributed by atoms with Gasteiger partial charge in [0.05, 0.1) is 25.9 Å². The molecule has 0 saturated heterocycles. The number of nitrogens with zero attached hydrogens (tertiary/aromatic N) is 2. The molecule has 0 atom stereocenters. The molecule has 2 aromatic heterocycles. The van der Waals surface area contributed by atoms with Gasteiger partial charge in [-0.2, -0.15) is 0 Å². The summed E-state index contributed by atoms with van der Waals surface area (Å²) in [5.41, 5.74) is 2.52. The molecule has 156 valence electrons. The highest BCUT2D eigenvalue weighted by Crippen LogP contribution is 2.14. The van der Waals surface area contributed by atoms with Crippen molar-refractivity contribution >= 4 is 41.3 Å². The summed E-state index contributed by atoms with van der Waals surface area (Å²) in [7, 11) is 2.11. The van der Waals surface area contributed by atoms with Crippen LogP contribution in [0.1, 0.15) is 28.7 Å². The first-order valence-electron chi connectivity index (χ1n) is 9.57. The molecular weight excluding hydrogens is 495 g/mol. The molecule has 0 aliphatic heterocycles. The van der Waals surface area contributed by atoms with Gasteiger partial charge in [0.15, 0.2) is 5.96 Å². The molecule has 0 unspecified atom stereocenters. The van der Waals surface area contributed by atoms with Gasteiger partial charge in [-0.1, -0.05) is 30.3 Å². The van der Waals surface area contributed by atoms with Crippen molar-refractivity contribution in [2.24, 2.45) is 4.99 Å². The zero-order valence-electron chi connectivity index (χ0n) is 16.9. The van der Waals surface area contributed by atoms with Crippen LogP contribution in [0.15, 0.2) is 69.6 Å². The van der Waals surface area contributed by atoms with Crippen LogP contribution in [-0.4, -0.2) is 24.5 Å². The number of hydrogen-bond acceptors (Lipinski definition) is 4. The van der Waals surface area contributed by atoms with E-state index < -0.39 is 0 Å². The van der Waals surface area contributed by atoms with E-state index in [1.807, 2.05) is 12.1 Å². The van der Waals surface area contributed by atoms with Crippen LogP contribution < -0.4 is 10.6 Å². The molecule has 0 aliphatic rings. The molecule has 5 nitrogen and oxygen atoms in total. The summed E-state index contributed by atoms with van der Waals surface area (Å²) in [6.07, 6.45) is 1.72. The van der Waals surface area contributed by atoms with E-state index in [4.69, 9.17) is 9.41 Å². The molecule has 0 radical (unpaired) electrons. The van der Waals surface area contributed by atoms with Crippen molar-refractivity contribution in [3.63, 3.8) is 0 Å². The van der Waals surface area contributed by atoms with Crippen molar-refractivity contribution in [1.29, 1.82) is 0 Å². The fourth-order valence-electron chi connectivity index (χ4n) is 2.97. The molecule has 3 aromatic rings.